The number of aliphatic hydroxyl groups excluding tert-OH is 11. The van der Waals surface area contributed by atoms with E-state index in [-0.39, 0.29) is 93.2 Å². The van der Waals surface area contributed by atoms with Crippen molar-refractivity contribution in [2.24, 2.45) is 0 Å². The molecular formula is C51H86N6O17. The van der Waals surface area contributed by atoms with Crippen LogP contribution in [0.2, 0.25) is 0 Å². The fourth-order valence-electron chi connectivity index (χ4n) is 8.70. The molecular weight excluding hydrogens is 969 g/mol. The van der Waals surface area contributed by atoms with Crippen molar-refractivity contribution in [3.63, 3.8) is 0 Å². The maximum atomic E-state index is 14.1. The van der Waals surface area contributed by atoms with E-state index in [0.29, 0.717) is 0 Å². The second-order valence-electron chi connectivity index (χ2n) is 17.9. The average molecular weight is 1060 g/mol. The molecule has 2 rings (SSSR count). The van der Waals surface area contributed by atoms with Crippen LogP contribution in [0.5, 0.6) is 0 Å². The molecule has 0 aliphatic heterocycles. The number of rotatable bonds is 24. The number of benzene rings is 2. The number of anilines is 2. The first-order chi connectivity index (χ1) is 34.5. The summed E-state index contributed by atoms with van der Waals surface area (Å²) >= 11 is 0. The molecule has 23 heteroatoms. The van der Waals surface area contributed by atoms with Gasteiger partial charge >= 0.3 is 0 Å². The maximum absolute atomic E-state index is 14.1. The third-order valence-corrected chi connectivity index (χ3v) is 12.3. The summed E-state index contributed by atoms with van der Waals surface area (Å²) < 4.78 is 0. The quantitative estimate of drug-likeness (QED) is 0.0587. The van der Waals surface area contributed by atoms with Gasteiger partial charge < -0.3 is 85.6 Å². The molecule has 0 aromatic heterocycles. The van der Waals surface area contributed by atoms with Crippen molar-refractivity contribution in [2.45, 2.75) is 126 Å². The van der Waals surface area contributed by atoms with Crippen molar-refractivity contribution in [2.75, 3.05) is 104 Å². The van der Waals surface area contributed by atoms with Crippen LogP contribution in [-0.4, -0.2) is 248 Å². The fourth-order valence-corrected chi connectivity index (χ4v) is 8.70. The van der Waals surface area contributed by atoms with E-state index in [1.165, 1.54) is 69.7 Å². The van der Waals surface area contributed by atoms with Gasteiger partial charge in [0.2, 0.25) is 11.8 Å². The average Bonchev–Trinajstić information content (AvgIpc) is 3.35. The minimum Gasteiger partial charge on any atom is -0.394 e. The van der Waals surface area contributed by atoms with E-state index < -0.39 is 118 Å². The third kappa shape index (κ3) is 16.9. The van der Waals surface area contributed by atoms with Crippen molar-refractivity contribution in [1.82, 2.24) is 19.6 Å². The molecule has 11 N–H and O–H groups in total. The fraction of sp³-hybridized carbons (Fsp3) is 0.647. The van der Waals surface area contributed by atoms with Crippen molar-refractivity contribution in [3.05, 3.63) is 55.6 Å². The number of nitrogens with zero attached hydrogens (tertiary/aromatic N) is 6. The van der Waals surface area contributed by atoms with E-state index in [4.69, 9.17) is 0 Å². The second-order valence-corrected chi connectivity index (χ2v) is 17.9. The van der Waals surface area contributed by atoms with Crippen LogP contribution in [0.4, 0.5) is 11.4 Å². The lowest BCUT2D eigenvalue weighted by atomic mass is 9.88. The molecule has 422 valence electrons. The zero-order chi connectivity index (χ0) is 58.0. The van der Waals surface area contributed by atoms with Crippen LogP contribution in [-0.2, 0) is 9.59 Å². The molecule has 0 heterocycles. The standard InChI is InChI=1S/C47H74N6O17.2C2H6/c1-23-37(44(67)48(9)13-31(60)19-54)25(3)41(26(4)38(23)45(68)49(10)14-32(61)20-55)52(29(7)58)17-35(64)43(66)36(65)18-53(30(8)59)42-27(5)39(46(69)50(11)15-33(62)21-56)24(2)40(28(42)6)47(70)51(12)16-34(63)22-57;2*1-2/h31-36,43,54-57,60-66H,13-22H2,1-12H3;2*1-2H3. The van der Waals surface area contributed by atoms with Crippen LogP contribution >= 0.6 is 0 Å². The summed E-state index contributed by atoms with van der Waals surface area (Å²) in [5.74, 6) is -4.47. The largest absolute Gasteiger partial charge is 0.394 e. The van der Waals surface area contributed by atoms with Gasteiger partial charge in [-0.2, -0.15) is 0 Å². The molecule has 6 amide bonds. The lowest BCUT2D eigenvalue weighted by molar-refractivity contribution is -0.117. The van der Waals surface area contributed by atoms with Gasteiger partial charge in [0.1, 0.15) is 18.3 Å². The first-order valence-electron chi connectivity index (χ1n) is 24.5. The predicted octanol–water partition coefficient (Wildman–Crippen LogP) is -1.22. The van der Waals surface area contributed by atoms with Crippen molar-refractivity contribution in [1.29, 1.82) is 0 Å². The van der Waals surface area contributed by atoms with Gasteiger partial charge in [-0.05, 0) is 74.9 Å². The number of hydrogen-bond acceptors (Lipinski definition) is 17. The lowest BCUT2D eigenvalue weighted by Gasteiger charge is -2.35. The van der Waals surface area contributed by atoms with Gasteiger partial charge in [0.15, 0.2) is 0 Å². The number of hydrogen-bond donors (Lipinski definition) is 11. The maximum Gasteiger partial charge on any atom is 0.254 e. The summed E-state index contributed by atoms with van der Waals surface area (Å²) in [6.07, 6.45) is -11.6. The molecule has 74 heavy (non-hydrogen) atoms. The van der Waals surface area contributed by atoms with Crippen molar-refractivity contribution in [3.8, 4) is 0 Å². The van der Waals surface area contributed by atoms with Gasteiger partial charge in [-0.15, -0.1) is 0 Å². The van der Waals surface area contributed by atoms with E-state index in [1.807, 2.05) is 27.7 Å². The molecule has 6 unspecified atom stereocenters. The topological polar surface area (TPSA) is 344 Å². The Bertz CT molecular complexity index is 1960. The Labute approximate surface area is 435 Å². The summed E-state index contributed by atoms with van der Waals surface area (Å²) in [5.41, 5.74) is 0.227. The number of carbonyl (C=O) groups excluding carboxylic acids is 6. The van der Waals surface area contributed by atoms with Gasteiger partial charge in [0.25, 0.3) is 23.6 Å². The Morgan fingerprint density at radius 1 is 0.365 bits per heavy atom. The summed E-state index contributed by atoms with van der Waals surface area (Å²) in [5, 5.41) is 113. The highest BCUT2D eigenvalue weighted by Gasteiger charge is 2.37. The van der Waals surface area contributed by atoms with E-state index in [0.717, 1.165) is 43.2 Å². The Morgan fingerprint density at radius 2 is 0.554 bits per heavy atom. The minimum absolute atomic E-state index is 0.0589. The highest BCUT2D eigenvalue weighted by Crippen LogP contribution is 2.38. The first kappa shape index (κ1) is 68.8. The van der Waals surface area contributed by atoms with Gasteiger partial charge in [-0.25, -0.2) is 0 Å². The molecule has 0 aliphatic carbocycles. The van der Waals surface area contributed by atoms with Crippen LogP contribution in [0, 0.1) is 41.5 Å². The highest BCUT2D eigenvalue weighted by molar-refractivity contribution is 6.09. The molecule has 2 aromatic rings. The van der Waals surface area contributed by atoms with E-state index in [1.54, 1.807) is 0 Å². The summed E-state index contributed by atoms with van der Waals surface area (Å²) in [4.78, 5) is 90.0. The normalized spacial score (nSPS) is 13.8. The van der Waals surface area contributed by atoms with Gasteiger partial charge in [0.05, 0.1) is 75.3 Å². The Hall–Kier alpha value is -5.18. The van der Waals surface area contributed by atoms with Crippen molar-refractivity contribution < 1.29 is 84.9 Å². The zero-order valence-electron chi connectivity index (χ0n) is 46.2. The van der Waals surface area contributed by atoms with E-state index in [9.17, 15) is 84.9 Å². The van der Waals surface area contributed by atoms with Gasteiger partial charge in [-0.3, -0.25) is 28.8 Å². The Morgan fingerprint density at radius 3 is 0.716 bits per heavy atom. The molecule has 0 saturated carbocycles. The molecule has 2 aromatic carbocycles. The van der Waals surface area contributed by atoms with Crippen LogP contribution in [0.1, 0.15) is 116 Å². The monoisotopic (exact) mass is 1050 g/mol. The molecule has 0 spiro atoms. The third-order valence-electron chi connectivity index (χ3n) is 12.3. The van der Waals surface area contributed by atoms with Crippen LogP contribution in [0.25, 0.3) is 0 Å². The molecule has 23 nitrogen and oxygen atoms in total. The first-order valence-corrected chi connectivity index (χ1v) is 24.5. The molecule has 0 fully saturated rings. The van der Waals surface area contributed by atoms with Gasteiger partial charge in [0, 0.05) is 90.5 Å². The number of likely N-dealkylation sites (N-methyl/N-ethyl adjacent to an activating group) is 4. The minimum atomic E-state index is -2.15. The molecule has 0 saturated heterocycles. The van der Waals surface area contributed by atoms with E-state index >= 15 is 0 Å². The van der Waals surface area contributed by atoms with Gasteiger partial charge in [-0.1, -0.05) is 27.7 Å². The zero-order valence-corrected chi connectivity index (χ0v) is 46.2. The molecule has 6 atom stereocenters. The van der Waals surface area contributed by atoms with Crippen LogP contribution in [0.15, 0.2) is 0 Å². The second kappa shape index (κ2) is 31.6. The Balaban J connectivity index is 0.0000130. The SMILES string of the molecule is CC.CC.CC(=O)N(CC(O)C(O)C(O)CN(C(C)=O)c1c(C)c(C(=O)N(C)CC(O)CO)c(C)c(C(=O)N(C)CC(O)CO)c1C)c1c(C)c(C(=O)N(C)CC(O)CO)c(C)c(C(=O)N(C)CC(O)CO)c1C. The Kier molecular flexibility index (Phi) is 29.4. The number of carbonyl (C=O) groups is 6. The summed E-state index contributed by atoms with van der Waals surface area (Å²) in [7, 11) is 5.34. The number of amides is 6. The molecule has 0 bridgehead atoms. The number of aliphatic hydroxyl groups is 11. The smallest absolute Gasteiger partial charge is 0.254 e. The summed E-state index contributed by atoms with van der Waals surface area (Å²) in [6.45, 7) is 13.4. The lowest BCUT2D eigenvalue weighted by Crippen LogP contribution is -2.51. The van der Waals surface area contributed by atoms with Crippen molar-refractivity contribution >= 4 is 46.8 Å². The van der Waals surface area contributed by atoms with Crippen LogP contribution < -0.4 is 9.80 Å². The molecule has 0 radical (unpaired) electrons. The molecule has 0 aliphatic rings. The summed E-state index contributed by atoms with van der Waals surface area (Å²) in [6, 6.07) is 0. The highest BCUT2D eigenvalue weighted by atomic mass is 16.4. The van der Waals surface area contributed by atoms with E-state index in [2.05, 4.69) is 0 Å². The van der Waals surface area contributed by atoms with Crippen LogP contribution in [0.3, 0.4) is 0 Å². The predicted molar refractivity (Wildman–Crippen MR) is 278 cm³/mol.